The number of hydrogen-bond acceptors (Lipinski definition) is 3. The second-order valence-electron chi connectivity index (χ2n) is 5.09. The smallest absolute Gasteiger partial charge is 0.0593 e. The predicted molar refractivity (Wildman–Crippen MR) is 80.7 cm³/mol. The summed E-state index contributed by atoms with van der Waals surface area (Å²) in [4.78, 5) is 2.44. The first-order valence-electron chi connectivity index (χ1n) is 7.49. The van der Waals surface area contributed by atoms with Gasteiger partial charge >= 0.3 is 0 Å². The lowest BCUT2D eigenvalue weighted by molar-refractivity contribution is 0.113. The number of anilines is 1. The summed E-state index contributed by atoms with van der Waals surface area (Å²) in [6.07, 6.45) is 2.46. The van der Waals surface area contributed by atoms with Gasteiger partial charge in [0.25, 0.3) is 0 Å². The molecular formula is C16H26N2O. The van der Waals surface area contributed by atoms with Crippen molar-refractivity contribution >= 4 is 5.69 Å². The van der Waals surface area contributed by atoms with E-state index in [1.165, 1.54) is 29.7 Å². The molecule has 0 radical (unpaired) electrons. The van der Waals surface area contributed by atoms with Crippen LogP contribution in [0.2, 0.25) is 0 Å². The van der Waals surface area contributed by atoms with E-state index in [1.807, 2.05) is 6.92 Å². The zero-order chi connectivity index (χ0) is 13.5. The predicted octanol–water partition coefficient (Wildman–Crippen LogP) is 2.90. The van der Waals surface area contributed by atoms with Gasteiger partial charge < -0.3 is 10.1 Å². The minimum atomic E-state index is 0.808. The molecule has 0 unspecified atom stereocenters. The molecule has 0 saturated carbocycles. The van der Waals surface area contributed by atoms with E-state index in [2.05, 4.69) is 35.3 Å². The number of nitrogens with one attached hydrogen (secondary N) is 1. The molecule has 1 heterocycles. The van der Waals surface area contributed by atoms with Gasteiger partial charge in [-0.05, 0) is 43.5 Å². The second kappa shape index (κ2) is 7.51. The third-order valence-electron chi connectivity index (χ3n) is 3.72. The number of nitrogens with zero attached hydrogens (tertiary/aromatic N) is 1. The van der Waals surface area contributed by atoms with E-state index in [0.29, 0.717) is 0 Å². The van der Waals surface area contributed by atoms with E-state index in [0.717, 1.165) is 39.4 Å². The molecule has 3 heteroatoms. The van der Waals surface area contributed by atoms with Crippen LogP contribution in [-0.4, -0.2) is 37.7 Å². The first kappa shape index (κ1) is 14.4. The maximum atomic E-state index is 5.44. The Morgan fingerprint density at radius 2 is 2.21 bits per heavy atom. The van der Waals surface area contributed by atoms with Crippen molar-refractivity contribution in [3.8, 4) is 0 Å². The first-order chi connectivity index (χ1) is 9.33. The molecule has 1 aliphatic rings. The fourth-order valence-electron chi connectivity index (χ4n) is 2.57. The molecule has 0 aliphatic carbocycles. The van der Waals surface area contributed by atoms with E-state index < -0.39 is 0 Å². The molecular weight excluding hydrogens is 236 g/mol. The maximum Gasteiger partial charge on any atom is 0.0593 e. The first-order valence-corrected chi connectivity index (χ1v) is 7.49. The highest BCUT2D eigenvalue weighted by molar-refractivity contribution is 5.54. The summed E-state index contributed by atoms with van der Waals surface area (Å²) >= 11 is 0. The monoisotopic (exact) mass is 262 g/mol. The summed E-state index contributed by atoms with van der Waals surface area (Å²) in [5.41, 5.74) is 4.22. The lowest BCUT2D eigenvalue weighted by Gasteiger charge is -2.23. The van der Waals surface area contributed by atoms with Crippen LogP contribution in [0.15, 0.2) is 18.2 Å². The van der Waals surface area contributed by atoms with E-state index >= 15 is 0 Å². The van der Waals surface area contributed by atoms with Crippen molar-refractivity contribution in [2.75, 3.05) is 38.2 Å². The van der Waals surface area contributed by atoms with Gasteiger partial charge in [0.15, 0.2) is 0 Å². The normalized spacial score (nSPS) is 14.3. The maximum absolute atomic E-state index is 5.44. The van der Waals surface area contributed by atoms with Crippen molar-refractivity contribution in [1.29, 1.82) is 0 Å². The number of aryl methyl sites for hydroxylation is 1. The molecule has 0 saturated heterocycles. The lowest BCUT2D eigenvalue weighted by atomic mass is 10.0. The topological polar surface area (TPSA) is 24.5 Å². The second-order valence-corrected chi connectivity index (χ2v) is 5.09. The number of hydrogen-bond donors (Lipinski definition) is 1. The zero-order valence-electron chi connectivity index (χ0n) is 12.2. The van der Waals surface area contributed by atoms with E-state index in [4.69, 9.17) is 4.74 Å². The van der Waals surface area contributed by atoms with Crippen molar-refractivity contribution in [2.24, 2.45) is 0 Å². The molecule has 1 aromatic carbocycles. The highest BCUT2D eigenvalue weighted by Gasteiger charge is 2.10. The standard InChI is InChI=1S/C16H26N2O/c1-3-18(10-11-19-4-2)13-14-7-8-16-15(12-14)6-5-9-17-16/h7-8,12,17H,3-6,9-11,13H2,1-2H3. The molecule has 19 heavy (non-hydrogen) atoms. The van der Waals surface area contributed by atoms with Gasteiger partial charge in [0.05, 0.1) is 6.61 Å². The molecule has 1 N–H and O–H groups in total. The summed E-state index contributed by atoms with van der Waals surface area (Å²) < 4.78 is 5.44. The van der Waals surface area contributed by atoms with Gasteiger partial charge in [0.2, 0.25) is 0 Å². The molecule has 0 bridgehead atoms. The summed E-state index contributed by atoms with van der Waals surface area (Å²) in [6.45, 7) is 10.1. The van der Waals surface area contributed by atoms with Crippen LogP contribution in [0.4, 0.5) is 5.69 Å². The van der Waals surface area contributed by atoms with Crippen LogP contribution in [0.3, 0.4) is 0 Å². The van der Waals surface area contributed by atoms with Gasteiger partial charge in [-0.3, -0.25) is 4.90 Å². The molecule has 3 nitrogen and oxygen atoms in total. The summed E-state index contributed by atoms with van der Waals surface area (Å²) in [5.74, 6) is 0. The number of likely N-dealkylation sites (N-methyl/N-ethyl adjacent to an activating group) is 1. The summed E-state index contributed by atoms with van der Waals surface area (Å²) in [5, 5.41) is 3.47. The van der Waals surface area contributed by atoms with Gasteiger partial charge in [-0.15, -0.1) is 0 Å². The van der Waals surface area contributed by atoms with Crippen molar-refractivity contribution in [2.45, 2.75) is 33.2 Å². The van der Waals surface area contributed by atoms with Crippen molar-refractivity contribution in [3.05, 3.63) is 29.3 Å². The van der Waals surface area contributed by atoms with Gasteiger partial charge in [0.1, 0.15) is 0 Å². The fraction of sp³-hybridized carbons (Fsp3) is 0.625. The largest absolute Gasteiger partial charge is 0.385 e. The molecule has 0 fully saturated rings. The lowest BCUT2D eigenvalue weighted by Crippen LogP contribution is -2.27. The Hall–Kier alpha value is -1.06. The minimum absolute atomic E-state index is 0.808. The highest BCUT2D eigenvalue weighted by Crippen LogP contribution is 2.23. The Morgan fingerprint density at radius 3 is 3.00 bits per heavy atom. The Bertz CT molecular complexity index is 392. The number of ether oxygens (including phenoxy) is 1. The average Bonchev–Trinajstić information content (AvgIpc) is 2.46. The molecule has 0 aromatic heterocycles. The zero-order valence-corrected chi connectivity index (χ0v) is 12.2. The number of rotatable bonds is 7. The molecule has 0 amide bonds. The van der Waals surface area contributed by atoms with Gasteiger partial charge in [0, 0.05) is 31.9 Å². The SMILES string of the molecule is CCOCCN(CC)Cc1ccc2c(c1)CCCN2. The molecule has 106 valence electrons. The molecule has 2 rings (SSSR count). The third kappa shape index (κ3) is 4.22. The third-order valence-corrected chi connectivity index (χ3v) is 3.72. The highest BCUT2D eigenvalue weighted by atomic mass is 16.5. The Labute approximate surface area is 116 Å². The van der Waals surface area contributed by atoms with Crippen LogP contribution < -0.4 is 5.32 Å². The average molecular weight is 262 g/mol. The summed E-state index contributed by atoms with van der Waals surface area (Å²) in [7, 11) is 0. The van der Waals surface area contributed by atoms with Gasteiger partial charge in [-0.1, -0.05) is 19.1 Å². The van der Waals surface area contributed by atoms with Crippen LogP contribution in [0.5, 0.6) is 0 Å². The Balaban J connectivity index is 1.93. The van der Waals surface area contributed by atoms with Crippen molar-refractivity contribution in [1.82, 2.24) is 4.90 Å². The van der Waals surface area contributed by atoms with Crippen LogP contribution in [-0.2, 0) is 17.7 Å². The minimum Gasteiger partial charge on any atom is -0.385 e. The van der Waals surface area contributed by atoms with Gasteiger partial charge in [-0.25, -0.2) is 0 Å². The quantitative estimate of drug-likeness (QED) is 0.765. The molecule has 0 atom stereocenters. The van der Waals surface area contributed by atoms with E-state index in [9.17, 15) is 0 Å². The van der Waals surface area contributed by atoms with Gasteiger partial charge in [-0.2, -0.15) is 0 Å². The number of benzene rings is 1. The molecule has 0 spiro atoms. The Kier molecular flexibility index (Phi) is 5.67. The van der Waals surface area contributed by atoms with E-state index in [1.54, 1.807) is 0 Å². The fourth-order valence-corrected chi connectivity index (χ4v) is 2.57. The van der Waals surface area contributed by atoms with E-state index in [-0.39, 0.29) is 0 Å². The van der Waals surface area contributed by atoms with Crippen molar-refractivity contribution < 1.29 is 4.74 Å². The van der Waals surface area contributed by atoms with Crippen LogP contribution >= 0.6 is 0 Å². The number of fused-ring (bicyclic) bond motifs is 1. The molecule has 1 aromatic rings. The van der Waals surface area contributed by atoms with Crippen LogP contribution in [0.1, 0.15) is 31.4 Å². The molecule has 1 aliphatic heterocycles. The van der Waals surface area contributed by atoms with Crippen LogP contribution in [0.25, 0.3) is 0 Å². The summed E-state index contributed by atoms with van der Waals surface area (Å²) in [6, 6.07) is 6.85. The van der Waals surface area contributed by atoms with Crippen molar-refractivity contribution in [3.63, 3.8) is 0 Å². The van der Waals surface area contributed by atoms with Crippen LogP contribution in [0, 0.1) is 0 Å². The Morgan fingerprint density at radius 1 is 1.32 bits per heavy atom.